The molecule has 0 radical (unpaired) electrons. The van der Waals surface area contributed by atoms with E-state index >= 15 is 0 Å². The number of carbonyl (C=O) groups is 3. The molecule has 0 aliphatic carbocycles. The summed E-state index contributed by atoms with van der Waals surface area (Å²) in [7, 11) is 1.45. The molecule has 188 valence electrons. The Labute approximate surface area is 211 Å². The van der Waals surface area contributed by atoms with Crippen molar-refractivity contribution in [2.24, 2.45) is 0 Å². The third-order valence-electron chi connectivity index (χ3n) is 6.47. The molecule has 0 bridgehead atoms. The Morgan fingerprint density at radius 1 is 1.03 bits per heavy atom. The monoisotopic (exact) mass is 500 g/mol. The number of nitrogens with zero attached hydrogens (tertiary/aromatic N) is 4. The Hall–Kier alpha value is -4.80. The van der Waals surface area contributed by atoms with Crippen LogP contribution in [-0.4, -0.2) is 80.1 Å². The van der Waals surface area contributed by atoms with Gasteiger partial charge in [-0.25, -0.2) is 9.78 Å². The van der Waals surface area contributed by atoms with E-state index in [9.17, 15) is 19.2 Å². The fourth-order valence-corrected chi connectivity index (χ4v) is 4.60. The van der Waals surface area contributed by atoms with Gasteiger partial charge in [0.1, 0.15) is 5.75 Å². The number of aromatic amines is 2. The van der Waals surface area contributed by atoms with Crippen molar-refractivity contribution < 1.29 is 19.1 Å². The van der Waals surface area contributed by atoms with Gasteiger partial charge in [-0.3, -0.25) is 19.4 Å². The fourth-order valence-electron chi connectivity index (χ4n) is 4.60. The number of pyridine rings is 1. The minimum Gasteiger partial charge on any atom is -0.494 e. The number of ether oxygens (including phenoxy) is 1. The quantitative estimate of drug-likeness (QED) is 0.315. The molecule has 1 atom stereocenters. The van der Waals surface area contributed by atoms with Crippen molar-refractivity contribution in [1.29, 1.82) is 0 Å². The number of ketones is 1. The molecule has 11 nitrogen and oxygen atoms in total. The number of aromatic nitrogens is 4. The van der Waals surface area contributed by atoms with E-state index in [1.807, 2.05) is 13.0 Å². The van der Waals surface area contributed by atoms with Crippen molar-refractivity contribution in [2.75, 3.05) is 26.7 Å². The first-order chi connectivity index (χ1) is 17.9. The Morgan fingerprint density at radius 3 is 2.49 bits per heavy atom. The smallest absolute Gasteiger partial charge is 0.344 e. The number of fused-ring (bicyclic) bond motifs is 1. The molecule has 1 aliphatic heterocycles. The van der Waals surface area contributed by atoms with Gasteiger partial charge in [0.25, 0.3) is 17.6 Å². The topological polar surface area (TPSA) is 141 Å². The molecule has 37 heavy (non-hydrogen) atoms. The molecule has 1 aromatic carbocycles. The Morgan fingerprint density at radius 2 is 1.81 bits per heavy atom. The zero-order valence-electron chi connectivity index (χ0n) is 20.2. The minimum absolute atomic E-state index is 0.107. The highest BCUT2D eigenvalue weighted by molar-refractivity contribution is 6.45. The minimum atomic E-state index is -0.698. The number of benzene rings is 1. The van der Waals surface area contributed by atoms with Gasteiger partial charge in [-0.2, -0.15) is 0 Å². The molecule has 0 unspecified atom stereocenters. The summed E-state index contributed by atoms with van der Waals surface area (Å²) in [5.74, 6) is -1.15. The maximum Gasteiger partial charge on any atom is 0.344 e. The highest BCUT2D eigenvalue weighted by atomic mass is 16.5. The lowest BCUT2D eigenvalue weighted by Gasteiger charge is -2.39. The second kappa shape index (κ2) is 9.69. The zero-order valence-corrected chi connectivity index (χ0v) is 20.2. The second-order valence-corrected chi connectivity index (χ2v) is 8.73. The second-order valence-electron chi connectivity index (χ2n) is 8.73. The summed E-state index contributed by atoms with van der Waals surface area (Å²) in [5.41, 5.74) is 1.66. The first-order valence-electron chi connectivity index (χ1n) is 11.7. The van der Waals surface area contributed by atoms with Gasteiger partial charge in [-0.15, -0.1) is 0 Å². The first kappa shape index (κ1) is 23.9. The predicted molar refractivity (Wildman–Crippen MR) is 134 cm³/mol. The molecule has 11 heteroatoms. The van der Waals surface area contributed by atoms with Gasteiger partial charge >= 0.3 is 5.69 Å². The summed E-state index contributed by atoms with van der Waals surface area (Å²) in [6.07, 6.45) is 5.75. The van der Waals surface area contributed by atoms with E-state index in [1.54, 1.807) is 29.2 Å². The molecule has 4 heterocycles. The van der Waals surface area contributed by atoms with Crippen LogP contribution < -0.4 is 10.4 Å². The maximum absolute atomic E-state index is 13.4. The number of hydrogen-bond acceptors (Lipinski definition) is 7. The van der Waals surface area contributed by atoms with Crippen LogP contribution in [0, 0.1) is 0 Å². The number of rotatable bonds is 5. The molecule has 0 spiro atoms. The van der Waals surface area contributed by atoms with E-state index < -0.39 is 17.4 Å². The van der Waals surface area contributed by atoms with Gasteiger partial charge in [0.15, 0.2) is 0 Å². The van der Waals surface area contributed by atoms with Crippen molar-refractivity contribution in [3.63, 3.8) is 0 Å². The van der Waals surface area contributed by atoms with Gasteiger partial charge in [0.05, 0.1) is 35.5 Å². The molecule has 2 amide bonds. The van der Waals surface area contributed by atoms with Crippen LogP contribution >= 0.6 is 0 Å². The first-order valence-corrected chi connectivity index (χ1v) is 11.7. The molecule has 5 rings (SSSR count). The molecule has 3 aromatic heterocycles. The summed E-state index contributed by atoms with van der Waals surface area (Å²) < 4.78 is 5.44. The average molecular weight is 501 g/mol. The highest BCUT2D eigenvalue weighted by Crippen LogP contribution is 2.34. The third kappa shape index (κ3) is 4.35. The van der Waals surface area contributed by atoms with Crippen LogP contribution in [0.3, 0.4) is 0 Å². The van der Waals surface area contributed by atoms with E-state index in [-0.39, 0.29) is 24.1 Å². The molecule has 2 N–H and O–H groups in total. The van der Waals surface area contributed by atoms with Crippen molar-refractivity contribution in [3.05, 3.63) is 76.7 Å². The average Bonchev–Trinajstić information content (AvgIpc) is 3.38. The number of Topliss-reactive ketones (excluding diaryl/α,β-unsaturated/α-hetero) is 1. The highest BCUT2D eigenvalue weighted by Gasteiger charge is 2.35. The van der Waals surface area contributed by atoms with Gasteiger partial charge < -0.3 is 24.5 Å². The SMILES string of the molecule is COc1cnc(-c2cnc(=O)[nH]c2)c2[nH]cc(C(=O)C(=O)N3CCN(C(=O)c4ccccc4)C[C@H]3C)c12. The van der Waals surface area contributed by atoms with Crippen molar-refractivity contribution >= 4 is 28.5 Å². The summed E-state index contributed by atoms with van der Waals surface area (Å²) in [5, 5.41) is 0.405. The lowest BCUT2D eigenvalue weighted by atomic mass is 10.0. The van der Waals surface area contributed by atoms with Crippen molar-refractivity contribution in [2.45, 2.75) is 13.0 Å². The molecule has 0 saturated carbocycles. The van der Waals surface area contributed by atoms with E-state index in [1.165, 1.54) is 36.8 Å². The molecule has 1 fully saturated rings. The Balaban J connectivity index is 1.41. The van der Waals surface area contributed by atoms with Gasteiger partial charge in [-0.1, -0.05) is 18.2 Å². The lowest BCUT2D eigenvalue weighted by molar-refractivity contribution is -0.130. The molecule has 1 aliphatic rings. The largest absolute Gasteiger partial charge is 0.494 e. The molecule has 1 saturated heterocycles. The number of nitrogens with one attached hydrogen (secondary N) is 2. The van der Waals surface area contributed by atoms with E-state index in [0.717, 1.165) is 0 Å². The normalized spacial score (nSPS) is 15.6. The lowest BCUT2D eigenvalue weighted by Crippen LogP contribution is -2.56. The summed E-state index contributed by atoms with van der Waals surface area (Å²) in [4.78, 5) is 67.8. The predicted octanol–water partition coefficient (Wildman–Crippen LogP) is 1.88. The number of piperazine rings is 1. The summed E-state index contributed by atoms with van der Waals surface area (Å²) in [6.45, 7) is 2.69. The van der Waals surface area contributed by atoms with Crippen LogP contribution in [-0.2, 0) is 4.79 Å². The van der Waals surface area contributed by atoms with Gasteiger partial charge in [0.2, 0.25) is 0 Å². The molecular weight excluding hydrogens is 476 g/mol. The Bertz CT molecular complexity index is 1540. The zero-order chi connectivity index (χ0) is 26.1. The third-order valence-corrected chi connectivity index (χ3v) is 6.47. The molecular formula is C26H24N6O5. The fraction of sp³-hybridized carbons (Fsp3) is 0.231. The number of amides is 2. The maximum atomic E-state index is 13.4. The number of carbonyl (C=O) groups excluding carboxylic acids is 3. The van der Waals surface area contributed by atoms with Crippen LogP contribution in [0.2, 0.25) is 0 Å². The standard InChI is InChI=1S/C26H24N6O5/c1-15-14-31(24(34)16-6-4-3-5-7-16)8-9-32(15)25(35)23(33)18-12-27-22-20(18)19(37-2)13-28-21(22)17-10-29-26(36)30-11-17/h3-7,10-13,15,27H,8-9,14H2,1-2H3,(H,29,30,36)/t15-/m1/s1. The van der Waals surface area contributed by atoms with Crippen molar-refractivity contribution in [3.8, 4) is 17.0 Å². The van der Waals surface area contributed by atoms with Crippen LogP contribution in [0.15, 0.2) is 59.9 Å². The number of hydrogen-bond donors (Lipinski definition) is 2. The van der Waals surface area contributed by atoms with Crippen LogP contribution in [0.25, 0.3) is 22.2 Å². The van der Waals surface area contributed by atoms with E-state index in [2.05, 4.69) is 19.9 Å². The number of H-pyrrole nitrogens is 2. The van der Waals surface area contributed by atoms with Crippen LogP contribution in [0.1, 0.15) is 27.6 Å². The number of methoxy groups -OCH3 is 1. The Kier molecular flexibility index (Phi) is 6.26. The molecule has 4 aromatic rings. The summed E-state index contributed by atoms with van der Waals surface area (Å²) in [6, 6.07) is 8.61. The van der Waals surface area contributed by atoms with Crippen LogP contribution in [0.5, 0.6) is 5.75 Å². The van der Waals surface area contributed by atoms with Crippen LogP contribution in [0.4, 0.5) is 0 Å². The van der Waals surface area contributed by atoms with E-state index in [4.69, 9.17) is 4.74 Å². The summed E-state index contributed by atoms with van der Waals surface area (Å²) >= 11 is 0. The van der Waals surface area contributed by atoms with Crippen molar-refractivity contribution in [1.82, 2.24) is 29.7 Å². The van der Waals surface area contributed by atoms with Gasteiger partial charge in [0, 0.05) is 55.4 Å². The van der Waals surface area contributed by atoms with E-state index in [0.29, 0.717) is 46.6 Å². The van der Waals surface area contributed by atoms with Gasteiger partial charge in [-0.05, 0) is 19.1 Å².